The van der Waals surface area contributed by atoms with E-state index in [0.29, 0.717) is 12.4 Å². The molecule has 17 heavy (non-hydrogen) atoms. The summed E-state index contributed by atoms with van der Waals surface area (Å²) in [4.78, 5) is 1.42. The summed E-state index contributed by atoms with van der Waals surface area (Å²) < 4.78 is 15.0. The summed E-state index contributed by atoms with van der Waals surface area (Å²) in [5.74, 6) is 0.405. The summed E-state index contributed by atoms with van der Waals surface area (Å²) in [5, 5.41) is 12.7. The largest absolute Gasteiger partial charge is 0.340 e. The number of fused-ring (bicyclic) bond motifs is 1. The number of benzene rings is 1. The van der Waals surface area contributed by atoms with Gasteiger partial charge in [-0.05, 0) is 29.5 Å². The van der Waals surface area contributed by atoms with Gasteiger partial charge in [0.2, 0.25) is 0 Å². The van der Waals surface area contributed by atoms with E-state index in [1.54, 1.807) is 13.1 Å². The van der Waals surface area contributed by atoms with Crippen LogP contribution in [0.5, 0.6) is 0 Å². The smallest absolute Gasteiger partial charge is 0.194 e. The first-order chi connectivity index (χ1) is 8.22. The first-order valence-corrected chi connectivity index (χ1v) is 5.20. The molecule has 0 aliphatic heterocycles. The van der Waals surface area contributed by atoms with Gasteiger partial charge in [0.15, 0.2) is 5.82 Å². The fourth-order valence-corrected chi connectivity index (χ4v) is 1.85. The maximum absolute atomic E-state index is 13.0. The topological polar surface area (TPSA) is 48.5 Å². The van der Waals surface area contributed by atoms with E-state index in [2.05, 4.69) is 15.4 Å². The molecule has 2 aromatic heterocycles. The number of tetrazole rings is 1. The van der Waals surface area contributed by atoms with Gasteiger partial charge in [-0.2, -0.15) is 4.80 Å². The predicted octanol–water partition coefficient (Wildman–Crippen LogP) is 1.35. The molecular formula is C11H10FN5. The Hall–Kier alpha value is -2.24. The molecule has 0 unspecified atom stereocenters. The van der Waals surface area contributed by atoms with Crippen LogP contribution in [0.1, 0.15) is 5.82 Å². The van der Waals surface area contributed by atoms with E-state index in [1.807, 2.05) is 16.8 Å². The number of rotatable bonds is 2. The lowest BCUT2D eigenvalue weighted by Gasteiger charge is -2.01. The van der Waals surface area contributed by atoms with Gasteiger partial charge in [-0.15, -0.1) is 10.2 Å². The lowest BCUT2D eigenvalue weighted by atomic mass is 10.2. The number of hydrogen-bond donors (Lipinski definition) is 0. The minimum Gasteiger partial charge on any atom is -0.340 e. The average Bonchev–Trinajstić information content (AvgIpc) is 2.86. The minimum absolute atomic E-state index is 0.229. The number of halogens is 1. The average molecular weight is 231 g/mol. The number of nitrogens with zero attached hydrogens (tertiary/aromatic N) is 5. The Bertz CT molecular complexity index is 669. The molecule has 2 heterocycles. The zero-order chi connectivity index (χ0) is 11.8. The molecule has 0 saturated carbocycles. The Labute approximate surface area is 96.5 Å². The van der Waals surface area contributed by atoms with Crippen molar-refractivity contribution < 1.29 is 4.39 Å². The lowest BCUT2D eigenvalue weighted by Crippen LogP contribution is -2.01. The highest BCUT2D eigenvalue weighted by atomic mass is 19.1. The Morgan fingerprint density at radius 1 is 1.29 bits per heavy atom. The Morgan fingerprint density at radius 2 is 2.18 bits per heavy atom. The third kappa shape index (κ3) is 1.77. The summed E-state index contributed by atoms with van der Waals surface area (Å²) in [5.41, 5.74) is 0.957. The summed E-state index contributed by atoms with van der Waals surface area (Å²) >= 11 is 0. The third-order valence-electron chi connectivity index (χ3n) is 2.59. The van der Waals surface area contributed by atoms with Crippen LogP contribution in [0.15, 0.2) is 30.5 Å². The van der Waals surface area contributed by atoms with Crippen LogP contribution in [0.3, 0.4) is 0 Å². The molecule has 0 N–H and O–H groups in total. The molecule has 0 aliphatic rings. The Morgan fingerprint density at radius 3 is 2.94 bits per heavy atom. The normalized spacial score (nSPS) is 11.2. The van der Waals surface area contributed by atoms with Gasteiger partial charge >= 0.3 is 0 Å². The third-order valence-corrected chi connectivity index (χ3v) is 2.59. The monoisotopic (exact) mass is 231 g/mol. The van der Waals surface area contributed by atoms with E-state index in [-0.39, 0.29) is 5.82 Å². The van der Waals surface area contributed by atoms with Gasteiger partial charge in [0.25, 0.3) is 0 Å². The molecule has 0 spiro atoms. The molecule has 3 rings (SSSR count). The fourth-order valence-electron chi connectivity index (χ4n) is 1.85. The molecule has 5 nitrogen and oxygen atoms in total. The molecule has 1 aromatic carbocycles. The number of aryl methyl sites for hydroxylation is 1. The Balaban J connectivity index is 2.00. The van der Waals surface area contributed by atoms with Gasteiger partial charge in [-0.3, -0.25) is 0 Å². The van der Waals surface area contributed by atoms with Crippen molar-refractivity contribution in [3.05, 3.63) is 42.1 Å². The van der Waals surface area contributed by atoms with Crippen LogP contribution in [0, 0.1) is 5.82 Å². The molecule has 6 heteroatoms. The van der Waals surface area contributed by atoms with E-state index in [9.17, 15) is 4.39 Å². The standard InChI is InChI=1S/C11H10FN5/c1-16-14-11(13-15-16)7-17-5-4-8-6-9(12)2-3-10(8)17/h2-6H,7H2,1H3. The van der Waals surface area contributed by atoms with Crippen molar-refractivity contribution in [1.82, 2.24) is 24.8 Å². The quantitative estimate of drug-likeness (QED) is 0.669. The summed E-state index contributed by atoms with van der Waals surface area (Å²) in [6.45, 7) is 0.531. The van der Waals surface area contributed by atoms with E-state index >= 15 is 0 Å². The molecule has 0 saturated heterocycles. The van der Waals surface area contributed by atoms with Gasteiger partial charge in [0.1, 0.15) is 5.82 Å². The minimum atomic E-state index is -0.229. The zero-order valence-corrected chi connectivity index (χ0v) is 9.21. The first-order valence-electron chi connectivity index (χ1n) is 5.20. The van der Waals surface area contributed by atoms with Crippen molar-refractivity contribution in [2.24, 2.45) is 7.05 Å². The van der Waals surface area contributed by atoms with Gasteiger partial charge < -0.3 is 4.57 Å². The van der Waals surface area contributed by atoms with E-state index < -0.39 is 0 Å². The highest BCUT2D eigenvalue weighted by Crippen LogP contribution is 2.17. The summed E-state index contributed by atoms with van der Waals surface area (Å²) in [7, 11) is 1.72. The first kappa shape index (κ1) is 9.95. The van der Waals surface area contributed by atoms with Gasteiger partial charge in [-0.1, -0.05) is 0 Å². The SMILES string of the molecule is Cn1nnc(Cn2ccc3cc(F)ccc32)n1. The van der Waals surface area contributed by atoms with Crippen LogP contribution >= 0.6 is 0 Å². The van der Waals surface area contributed by atoms with Crippen molar-refractivity contribution in [2.75, 3.05) is 0 Å². The molecule has 0 atom stereocenters. The van der Waals surface area contributed by atoms with Crippen LogP contribution < -0.4 is 0 Å². The van der Waals surface area contributed by atoms with Crippen molar-refractivity contribution in [3.8, 4) is 0 Å². The van der Waals surface area contributed by atoms with Crippen LogP contribution in [0.2, 0.25) is 0 Å². The van der Waals surface area contributed by atoms with Crippen LogP contribution in [-0.4, -0.2) is 24.8 Å². The van der Waals surface area contributed by atoms with Crippen molar-refractivity contribution in [3.63, 3.8) is 0 Å². The fraction of sp³-hybridized carbons (Fsp3) is 0.182. The molecule has 3 aromatic rings. The van der Waals surface area contributed by atoms with Gasteiger partial charge in [0.05, 0.1) is 13.6 Å². The lowest BCUT2D eigenvalue weighted by molar-refractivity contribution is 0.625. The summed E-state index contributed by atoms with van der Waals surface area (Å²) in [6, 6.07) is 6.58. The maximum Gasteiger partial charge on any atom is 0.194 e. The van der Waals surface area contributed by atoms with Crippen molar-refractivity contribution in [2.45, 2.75) is 6.54 Å². The van der Waals surface area contributed by atoms with E-state index in [4.69, 9.17) is 0 Å². The molecule has 0 radical (unpaired) electrons. The number of hydrogen-bond acceptors (Lipinski definition) is 3. The molecule has 0 amide bonds. The zero-order valence-electron chi connectivity index (χ0n) is 9.21. The predicted molar refractivity (Wildman–Crippen MR) is 59.8 cm³/mol. The highest BCUT2D eigenvalue weighted by molar-refractivity contribution is 5.80. The summed E-state index contributed by atoms with van der Waals surface area (Å²) in [6.07, 6.45) is 1.89. The van der Waals surface area contributed by atoms with E-state index in [1.165, 1.54) is 16.9 Å². The maximum atomic E-state index is 13.0. The van der Waals surface area contributed by atoms with Gasteiger partial charge in [-0.25, -0.2) is 4.39 Å². The van der Waals surface area contributed by atoms with Crippen LogP contribution in [0.4, 0.5) is 4.39 Å². The van der Waals surface area contributed by atoms with Crippen LogP contribution in [-0.2, 0) is 13.6 Å². The molecular weight excluding hydrogens is 221 g/mol. The second-order valence-electron chi connectivity index (χ2n) is 3.84. The van der Waals surface area contributed by atoms with Gasteiger partial charge in [0, 0.05) is 17.1 Å². The second kappa shape index (κ2) is 3.65. The highest BCUT2D eigenvalue weighted by Gasteiger charge is 2.05. The molecule has 0 fully saturated rings. The molecule has 0 bridgehead atoms. The van der Waals surface area contributed by atoms with Crippen molar-refractivity contribution >= 4 is 10.9 Å². The van der Waals surface area contributed by atoms with E-state index in [0.717, 1.165) is 10.9 Å². The van der Waals surface area contributed by atoms with Crippen molar-refractivity contribution in [1.29, 1.82) is 0 Å². The Kier molecular flexibility index (Phi) is 2.14. The second-order valence-corrected chi connectivity index (χ2v) is 3.84. The number of aromatic nitrogens is 5. The molecule has 0 aliphatic carbocycles. The van der Waals surface area contributed by atoms with Crippen LogP contribution in [0.25, 0.3) is 10.9 Å². The molecule has 86 valence electrons.